The number of carbonyl (C=O) groups is 1. The van der Waals surface area contributed by atoms with E-state index in [2.05, 4.69) is 18.7 Å². The van der Waals surface area contributed by atoms with Crippen LogP contribution >= 0.6 is 0 Å². The minimum absolute atomic E-state index is 0.0897. The number of ketones is 1. The first-order valence-corrected chi connectivity index (χ1v) is 6.78. The van der Waals surface area contributed by atoms with Crippen molar-refractivity contribution in [3.8, 4) is 0 Å². The number of Topliss-reactive ketones (excluding diaryl/α,β-unsaturated/α-hetero) is 1. The highest BCUT2D eigenvalue weighted by Gasteiger charge is 2.37. The van der Waals surface area contributed by atoms with Crippen LogP contribution in [-0.4, -0.2) is 43.0 Å². The highest BCUT2D eigenvalue weighted by Crippen LogP contribution is 2.25. The maximum atomic E-state index is 12.5. The number of carbonyl (C=O) groups excluding carboxylic acids is 1. The van der Waals surface area contributed by atoms with Gasteiger partial charge in [-0.3, -0.25) is 9.69 Å². The quantitative estimate of drug-likeness (QED) is 0.715. The third-order valence-corrected chi connectivity index (χ3v) is 3.95. The molecule has 0 aromatic heterocycles. The van der Waals surface area contributed by atoms with Gasteiger partial charge in [0.1, 0.15) is 0 Å². The van der Waals surface area contributed by atoms with Gasteiger partial charge in [-0.2, -0.15) is 0 Å². The summed E-state index contributed by atoms with van der Waals surface area (Å²) in [5.74, 6) is 0.448. The zero-order valence-electron chi connectivity index (χ0n) is 11.8. The molecule has 3 nitrogen and oxygen atoms in total. The molecule has 1 heterocycles. The number of piperidine rings is 1. The molecule has 0 amide bonds. The second-order valence-corrected chi connectivity index (χ2v) is 5.65. The van der Waals surface area contributed by atoms with Crippen LogP contribution in [0.3, 0.4) is 0 Å². The lowest BCUT2D eigenvalue weighted by molar-refractivity contribution is -0.134. The lowest BCUT2D eigenvalue weighted by Crippen LogP contribution is -2.53. The smallest absolute Gasteiger partial charge is 0.155 e. The van der Waals surface area contributed by atoms with E-state index in [-0.39, 0.29) is 11.5 Å². The predicted molar refractivity (Wildman–Crippen MR) is 70.2 cm³/mol. The highest BCUT2D eigenvalue weighted by molar-refractivity contribution is 5.89. The van der Waals surface area contributed by atoms with Crippen molar-refractivity contribution < 1.29 is 9.53 Å². The number of rotatable bonds is 6. The van der Waals surface area contributed by atoms with Gasteiger partial charge in [0.05, 0.1) is 5.54 Å². The summed E-state index contributed by atoms with van der Waals surface area (Å²) < 4.78 is 5.05. The monoisotopic (exact) mass is 241 g/mol. The van der Waals surface area contributed by atoms with Crippen LogP contribution in [0.15, 0.2) is 0 Å². The van der Waals surface area contributed by atoms with E-state index in [1.807, 2.05) is 6.92 Å². The van der Waals surface area contributed by atoms with E-state index in [1.54, 1.807) is 7.11 Å². The molecule has 17 heavy (non-hydrogen) atoms. The summed E-state index contributed by atoms with van der Waals surface area (Å²) in [4.78, 5) is 14.8. The highest BCUT2D eigenvalue weighted by atomic mass is 16.5. The second kappa shape index (κ2) is 6.50. The van der Waals surface area contributed by atoms with Gasteiger partial charge in [-0.15, -0.1) is 0 Å². The Morgan fingerprint density at radius 3 is 2.41 bits per heavy atom. The first kappa shape index (κ1) is 14.7. The van der Waals surface area contributed by atoms with Crippen molar-refractivity contribution in [2.24, 2.45) is 5.92 Å². The van der Waals surface area contributed by atoms with E-state index in [0.717, 1.165) is 19.5 Å². The summed E-state index contributed by atoms with van der Waals surface area (Å²) in [6.45, 7) is 8.97. The Labute approximate surface area is 106 Å². The molecule has 0 spiro atoms. The average Bonchev–Trinajstić information content (AvgIpc) is 2.36. The predicted octanol–water partition coefficient (Wildman–Crippen LogP) is 2.49. The maximum Gasteiger partial charge on any atom is 0.155 e. The van der Waals surface area contributed by atoms with E-state index < -0.39 is 0 Å². The van der Waals surface area contributed by atoms with Gasteiger partial charge in [-0.25, -0.2) is 0 Å². The van der Waals surface area contributed by atoms with Crippen molar-refractivity contribution in [2.45, 2.75) is 52.0 Å². The number of hydrogen-bond donors (Lipinski definition) is 0. The van der Waals surface area contributed by atoms with Crippen molar-refractivity contribution in [2.75, 3.05) is 26.8 Å². The number of hydrogen-bond acceptors (Lipinski definition) is 3. The Bertz CT molecular complexity index is 245. The largest absolute Gasteiger partial charge is 0.385 e. The summed E-state index contributed by atoms with van der Waals surface area (Å²) in [5.41, 5.74) is -0.312. The van der Waals surface area contributed by atoms with Gasteiger partial charge < -0.3 is 4.74 Å². The van der Waals surface area contributed by atoms with Gasteiger partial charge in [-0.1, -0.05) is 13.3 Å². The second-order valence-electron chi connectivity index (χ2n) is 5.65. The van der Waals surface area contributed by atoms with Crippen LogP contribution in [0, 0.1) is 5.92 Å². The van der Waals surface area contributed by atoms with Gasteiger partial charge in [0.2, 0.25) is 0 Å². The van der Waals surface area contributed by atoms with E-state index in [1.165, 1.54) is 19.3 Å². The molecule has 0 radical (unpaired) electrons. The van der Waals surface area contributed by atoms with Gasteiger partial charge >= 0.3 is 0 Å². The first-order chi connectivity index (χ1) is 8.00. The third-order valence-electron chi connectivity index (χ3n) is 3.95. The molecular weight excluding hydrogens is 214 g/mol. The van der Waals surface area contributed by atoms with Crippen LogP contribution in [-0.2, 0) is 9.53 Å². The Kier molecular flexibility index (Phi) is 5.60. The number of likely N-dealkylation sites (tertiary alicyclic amines) is 1. The van der Waals surface area contributed by atoms with Gasteiger partial charge in [0.25, 0.3) is 0 Å². The average molecular weight is 241 g/mol. The standard InChI is InChI=1S/C14H27NO2/c1-12(8-11-17-4)13(16)14(2,3)15-9-6-5-7-10-15/h12H,5-11H2,1-4H3. The summed E-state index contributed by atoms with van der Waals surface area (Å²) in [7, 11) is 1.69. The molecule has 1 saturated heterocycles. The lowest BCUT2D eigenvalue weighted by atomic mass is 9.85. The molecule has 1 unspecified atom stereocenters. The Balaban J connectivity index is 2.57. The molecule has 0 aliphatic carbocycles. The molecule has 1 aliphatic rings. The zero-order valence-corrected chi connectivity index (χ0v) is 11.8. The first-order valence-electron chi connectivity index (χ1n) is 6.78. The fourth-order valence-corrected chi connectivity index (χ4v) is 2.64. The van der Waals surface area contributed by atoms with E-state index >= 15 is 0 Å². The molecule has 1 rings (SSSR count). The number of methoxy groups -OCH3 is 1. The summed E-state index contributed by atoms with van der Waals surface area (Å²) in [5, 5.41) is 0. The minimum atomic E-state index is -0.312. The van der Waals surface area contributed by atoms with Gasteiger partial charge in [0.15, 0.2) is 5.78 Å². The van der Waals surface area contributed by atoms with E-state index in [0.29, 0.717) is 12.4 Å². The maximum absolute atomic E-state index is 12.5. The Morgan fingerprint density at radius 1 is 1.29 bits per heavy atom. The lowest BCUT2D eigenvalue weighted by Gasteiger charge is -2.41. The molecule has 1 fully saturated rings. The van der Waals surface area contributed by atoms with Crippen LogP contribution in [0.2, 0.25) is 0 Å². The molecule has 0 N–H and O–H groups in total. The number of ether oxygens (including phenoxy) is 1. The van der Waals surface area contributed by atoms with E-state index in [4.69, 9.17) is 4.74 Å². The molecular formula is C14H27NO2. The molecule has 3 heteroatoms. The van der Waals surface area contributed by atoms with Crippen LogP contribution in [0.25, 0.3) is 0 Å². The topological polar surface area (TPSA) is 29.5 Å². The fourth-order valence-electron chi connectivity index (χ4n) is 2.64. The van der Waals surface area contributed by atoms with Crippen molar-refractivity contribution in [1.29, 1.82) is 0 Å². The Hall–Kier alpha value is -0.410. The Morgan fingerprint density at radius 2 is 1.88 bits per heavy atom. The van der Waals surface area contributed by atoms with Crippen LogP contribution in [0.4, 0.5) is 0 Å². The van der Waals surface area contributed by atoms with E-state index in [9.17, 15) is 4.79 Å². The molecule has 1 atom stereocenters. The van der Waals surface area contributed by atoms with Crippen LogP contribution in [0.1, 0.15) is 46.5 Å². The molecule has 100 valence electrons. The normalized spacial score (nSPS) is 20.2. The zero-order chi connectivity index (χ0) is 12.9. The van der Waals surface area contributed by atoms with Crippen molar-refractivity contribution in [1.82, 2.24) is 4.90 Å². The van der Waals surface area contributed by atoms with Crippen LogP contribution in [0.5, 0.6) is 0 Å². The summed E-state index contributed by atoms with van der Waals surface area (Å²) >= 11 is 0. The van der Waals surface area contributed by atoms with Crippen molar-refractivity contribution in [3.63, 3.8) is 0 Å². The minimum Gasteiger partial charge on any atom is -0.385 e. The summed E-state index contributed by atoms with van der Waals surface area (Å²) in [6, 6.07) is 0. The molecule has 0 saturated carbocycles. The van der Waals surface area contributed by atoms with Crippen molar-refractivity contribution in [3.05, 3.63) is 0 Å². The van der Waals surface area contributed by atoms with Crippen LogP contribution < -0.4 is 0 Å². The molecule has 0 bridgehead atoms. The molecule has 0 aromatic carbocycles. The van der Waals surface area contributed by atoms with Gasteiger partial charge in [-0.05, 0) is 46.2 Å². The SMILES string of the molecule is COCCC(C)C(=O)C(C)(C)N1CCCCC1. The van der Waals surface area contributed by atoms with Gasteiger partial charge in [0, 0.05) is 19.6 Å². The molecule has 1 aliphatic heterocycles. The van der Waals surface area contributed by atoms with Crippen molar-refractivity contribution >= 4 is 5.78 Å². The molecule has 0 aromatic rings. The fraction of sp³-hybridized carbons (Fsp3) is 0.929. The third kappa shape index (κ3) is 3.78. The number of nitrogens with zero attached hydrogens (tertiary/aromatic N) is 1. The summed E-state index contributed by atoms with van der Waals surface area (Å²) in [6.07, 6.45) is 4.58.